The Morgan fingerprint density at radius 2 is 1.66 bits per heavy atom. The minimum Gasteiger partial charge on any atom is -0.390 e. The van der Waals surface area contributed by atoms with E-state index in [0.29, 0.717) is 18.7 Å². The van der Waals surface area contributed by atoms with Gasteiger partial charge in [0.2, 0.25) is 0 Å². The molecule has 170 valence electrons. The zero-order valence-corrected chi connectivity index (χ0v) is 19.4. The number of allylic oxidation sites excluding steroid dienone is 1. The molecule has 4 nitrogen and oxygen atoms in total. The molecule has 1 heterocycles. The van der Waals surface area contributed by atoms with Crippen LogP contribution in [0.25, 0.3) is 17.0 Å². The van der Waals surface area contributed by atoms with Crippen LogP contribution in [0.5, 0.6) is 0 Å². The van der Waals surface area contributed by atoms with Crippen molar-refractivity contribution in [3.8, 4) is 0 Å². The molecule has 0 unspecified atom stereocenters. The molecule has 0 fully saturated rings. The van der Waals surface area contributed by atoms with Crippen LogP contribution < -0.4 is 0 Å². The van der Waals surface area contributed by atoms with Gasteiger partial charge in [0.1, 0.15) is 0 Å². The minimum atomic E-state index is -0.442. The first-order chi connectivity index (χ1) is 15.6. The molecular weight excluding hydrogens is 396 g/mol. The van der Waals surface area contributed by atoms with Crippen LogP contribution in [0.2, 0.25) is 0 Å². The second-order valence-electron chi connectivity index (χ2n) is 8.48. The van der Waals surface area contributed by atoms with Crippen LogP contribution >= 0.6 is 0 Å². The van der Waals surface area contributed by atoms with Gasteiger partial charge in [-0.2, -0.15) is 0 Å². The fourth-order valence-electron chi connectivity index (χ4n) is 4.06. The van der Waals surface area contributed by atoms with Crippen molar-refractivity contribution in [2.24, 2.45) is 0 Å². The summed E-state index contributed by atoms with van der Waals surface area (Å²) in [5.41, 5.74) is 2.75. The van der Waals surface area contributed by atoms with Crippen molar-refractivity contribution in [2.45, 2.75) is 52.2 Å². The highest BCUT2D eigenvalue weighted by molar-refractivity contribution is 6.07. The molecule has 1 N–H and O–H groups in total. The van der Waals surface area contributed by atoms with E-state index >= 15 is 0 Å². The van der Waals surface area contributed by atoms with Crippen LogP contribution in [-0.2, 0) is 6.54 Å². The maximum absolute atomic E-state index is 12.5. The van der Waals surface area contributed by atoms with Gasteiger partial charge in [-0.05, 0) is 44.1 Å². The molecule has 0 aliphatic rings. The number of unbranched alkanes of at least 4 members (excludes halogenated alkanes) is 2. The van der Waals surface area contributed by atoms with Gasteiger partial charge in [-0.3, -0.25) is 4.79 Å². The lowest BCUT2D eigenvalue weighted by Crippen LogP contribution is -2.36. The highest BCUT2D eigenvalue weighted by Crippen LogP contribution is 2.23. The van der Waals surface area contributed by atoms with Crippen LogP contribution in [0, 0.1) is 0 Å². The fraction of sp³-hybridized carbons (Fsp3) is 0.393. The van der Waals surface area contributed by atoms with Gasteiger partial charge in [0.25, 0.3) is 0 Å². The van der Waals surface area contributed by atoms with Gasteiger partial charge in [-0.15, -0.1) is 0 Å². The number of benzene rings is 2. The first-order valence-corrected chi connectivity index (χ1v) is 11.9. The molecule has 0 bridgehead atoms. The zero-order chi connectivity index (χ0) is 22.8. The van der Waals surface area contributed by atoms with E-state index in [2.05, 4.69) is 35.4 Å². The molecular formula is C28H36N2O2. The number of carbonyl (C=O) groups is 1. The van der Waals surface area contributed by atoms with E-state index in [-0.39, 0.29) is 5.78 Å². The summed E-state index contributed by atoms with van der Waals surface area (Å²) < 4.78 is 2.12. The normalized spacial score (nSPS) is 12.8. The van der Waals surface area contributed by atoms with Gasteiger partial charge in [0.15, 0.2) is 5.78 Å². The van der Waals surface area contributed by atoms with E-state index in [0.717, 1.165) is 42.4 Å². The maximum atomic E-state index is 12.5. The molecule has 2 aromatic carbocycles. The van der Waals surface area contributed by atoms with E-state index in [1.165, 1.54) is 12.8 Å². The highest BCUT2D eigenvalue weighted by atomic mass is 16.3. The lowest BCUT2D eigenvalue weighted by atomic mass is 10.1. The van der Waals surface area contributed by atoms with Crippen molar-refractivity contribution in [3.63, 3.8) is 0 Å². The summed E-state index contributed by atoms with van der Waals surface area (Å²) in [6.45, 7) is 7.71. The Kier molecular flexibility index (Phi) is 9.27. The van der Waals surface area contributed by atoms with E-state index in [9.17, 15) is 9.90 Å². The Balaban J connectivity index is 1.74. The van der Waals surface area contributed by atoms with Gasteiger partial charge >= 0.3 is 0 Å². The molecule has 1 aromatic heterocycles. The van der Waals surface area contributed by atoms with Crippen LogP contribution in [0.4, 0.5) is 0 Å². The summed E-state index contributed by atoms with van der Waals surface area (Å²) in [5.74, 6) is -0.00930. The molecule has 32 heavy (non-hydrogen) atoms. The lowest BCUT2D eigenvalue weighted by Gasteiger charge is -2.25. The Hall–Kier alpha value is -2.69. The fourth-order valence-corrected chi connectivity index (χ4v) is 4.06. The quantitative estimate of drug-likeness (QED) is 0.274. The first kappa shape index (κ1) is 24.0. The number of fused-ring (bicyclic) bond motifs is 1. The summed E-state index contributed by atoms with van der Waals surface area (Å²) >= 11 is 0. The minimum absolute atomic E-state index is 0.00930. The number of nitrogens with zero attached hydrogens (tertiary/aromatic N) is 2. The summed E-state index contributed by atoms with van der Waals surface area (Å²) in [6, 6.07) is 17.5. The highest BCUT2D eigenvalue weighted by Gasteiger charge is 2.14. The molecule has 0 radical (unpaired) electrons. The van der Waals surface area contributed by atoms with Crippen molar-refractivity contribution in [2.75, 3.05) is 19.6 Å². The molecule has 0 amide bonds. The number of rotatable bonds is 13. The van der Waals surface area contributed by atoms with Gasteiger partial charge < -0.3 is 14.6 Å². The van der Waals surface area contributed by atoms with Crippen molar-refractivity contribution in [1.82, 2.24) is 9.47 Å². The van der Waals surface area contributed by atoms with Crippen LogP contribution in [-0.4, -0.2) is 46.1 Å². The number of aliphatic hydroxyl groups excluding tert-OH is 1. The zero-order valence-electron chi connectivity index (χ0n) is 19.4. The van der Waals surface area contributed by atoms with Gasteiger partial charge in [0.05, 0.1) is 6.10 Å². The number of carbonyl (C=O) groups excluding carboxylic acids is 1. The monoisotopic (exact) mass is 432 g/mol. The van der Waals surface area contributed by atoms with Crippen molar-refractivity contribution in [1.29, 1.82) is 0 Å². The third-order valence-electron chi connectivity index (χ3n) is 5.82. The van der Waals surface area contributed by atoms with E-state index < -0.39 is 6.10 Å². The number of hydrogen-bond donors (Lipinski definition) is 1. The number of para-hydroxylation sites is 1. The van der Waals surface area contributed by atoms with Gasteiger partial charge in [-0.1, -0.05) is 75.2 Å². The molecule has 0 saturated carbocycles. The summed E-state index contributed by atoms with van der Waals surface area (Å²) in [7, 11) is 0. The molecule has 0 aliphatic heterocycles. The SMILES string of the molecule is CCCCN(CCCC)C[C@H](O)Cn1cc(/C=C\C(=O)c2ccccc2)c2ccccc21. The summed E-state index contributed by atoms with van der Waals surface area (Å²) in [4.78, 5) is 14.9. The number of aromatic nitrogens is 1. The predicted molar refractivity (Wildman–Crippen MR) is 134 cm³/mol. The topological polar surface area (TPSA) is 45.5 Å². The third-order valence-corrected chi connectivity index (χ3v) is 5.82. The lowest BCUT2D eigenvalue weighted by molar-refractivity contribution is 0.0973. The van der Waals surface area contributed by atoms with Crippen molar-refractivity contribution in [3.05, 3.63) is 78.0 Å². The molecule has 4 heteroatoms. The van der Waals surface area contributed by atoms with Crippen molar-refractivity contribution >= 4 is 22.8 Å². The molecule has 0 aliphatic carbocycles. The van der Waals surface area contributed by atoms with Gasteiger partial charge in [0, 0.05) is 41.3 Å². The molecule has 0 spiro atoms. The Bertz CT molecular complexity index is 999. The average molecular weight is 433 g/mol. The van der Waals surface area contributed by atoms with Gasteiger partial charge in [-0.25, -0.2) is 0 Å². The number of ketones is 1. The van der Waals surface area contributed by atoms with E-state index in [1.54, 1.807) is 6.08 Å². The Labute approximate surface area is 192 Å². The molecule has 1 atom stereocenters. The van der Waals surface area contributed by atoms with Crippen molar-refractivity contribution < 1.29 is 9.90 Å². The van der Waals surface area contributed by atoms with Crippen LogP contribution in [0.15, 0.2) is 66.9 Å². The summed E-state index contributed by atoms with van der Waals surface area (Å²) in [5, 5.41) is 12.0. The maximum Gasteiger partial charge on any atom is 0.185 e. The largest absolute Gasteiger partial charge is 0.390 e. The standard InChI is InChI=1S/C28H36N2O2/c1-3-5-18-29(19-6-4-2)21-25(31)22-30-20-24(26-14-10-11-15-27(26)30)16-17-28(32)23-12-8-7-9-13-23/h7-17,20,25,31H,3-6,18-19,21-22H2,1-2H3/b17-16-/t25-/m0/s1. The summed E-state index contributed by atoms with van der Waals surface area (Å²) in [6.07, 6.45) is 9.77. The van der Waals surface area contributed by atoms with E-state index in [4.69, 9.17) is 0 Å². The molecule has 3 aromatic rings. The second kappa shape index (κ2) is 12.4. The molecule has 3 rings (SSSR count). The predicted octanol–water partition coefficient (Wildman–Crippen LogP) is 5.80. The number of aliphatic hydroxyl groups is 1. The molecule has 0 saturated heterocycles. The number of hydrogen-bond acceptors (Lipinski definition) is 3. The third kappa shape index (κ3) is 6.65. The Morgan fingerprint density at radius 1 is 1.00 bits per heavy atom. The van der Waals surface area contributed by atoms with Crippen LogP contribution in [0.1, 0.15) is 55.5 Å². The smallest absolute Gasteiger partial charge is 0.185 e. The second-order valence-corrected chi connectivity index (χ2v) is 8.48. The average Bonchev–Trinajstić information content (AvgIpc) is 3.17. The van der Waals surface area contributed by atoms with E-state index in [1.807, 2.05) is 54.7 Å². The van der Waals surface area contributed by atoms with Crippen LogP contribution in [0.3, 0.4) is 0 Å². The first-order valence-electron chi connectivity index (χ1n) is 11.9. The Morgan fingerprint density at radius 3 is 2.34 bits per heavy atom.